The number of ether oxygens (including phenoxy) is 1. The maximum atomic E-state index is 13.6. The molecule has 4 rings (SSSR count). The third-order valence-electron chi connectivity index (χ3n) is 6.14. The number of benzene rings is 3. The van der Waals surface area contributed by atoms with Gasteiger partial charge in [0.15, 0.2) is 0 Å². The summed E-state index contributed by atoms with van der Waals surface area (Å²) in [6.45, 7) is 2.98. The van der Waals surface area contributed by atoms with Gasteiger partial charge in [0, 0.05) is 23.7 Å². The monoisotopic (exact) mass is 519 g/mol. The first-order chi connectivity index (χ1) is 17.9. The summed E-state index contributed by atoms with van der Waals surface area (Å²) in [6.07, 6.45) is 1.08. The summed E-state index contributed by atoms with van der Waals surface area (Å²) >= 11 is 6.08. The number of hydrogen-bond donors (Lipinski definition) is 2. The molecule has 8 heteroatoms. The van der Waals surface area contributed by atoms with Gasteiger partial charge in [0.1, 0.15) is 12.4 Å². The Morgan fingerprint density at radius 1 is 1.00 bits per heavy atom. The van der Waals surface area contributed by atoms with Crippen molar-refractivity contribution in [3.8, 4) is 5.75 Å². The number of amides is 3. The number of carbonyl (C=O) groups is 3. The molecule has 0 aliphatic carbocycles. The molecule has 3 amide bonds. The van der Waals surface area contributed by atoms with Gasteiger partial charge in [-0.15, -0.1) is 0 Å². The average molecular weight is 520 g/mol. The second-order valence-corrected chi connectivity index (χ2v) is 9.43. The smallest absolute Gasteiger partial charge is 0.255 e. The van der Waals surface area contributed by atoms with Crippen molar-refractivity contribution < 1.29 is 19.1 Å². The van der Waals surface area contributed by atoms with Crippen LogP contribution in [0, 0.1) is 6.92 Å². The average Bonchev–Trinajstić information content (AvgIpc) is 2.89. The number of rotatable bonds is 3. The maximum Gasteiger partial charge on any atom is 0.255 e. The number of nitrogens with zero attached hydrogens (tertiary/aromatic N) is 1. The van der Waals surface area contributed by atoms with E-state index in [4.69, 9.17) is 16.3 Å². The van der Waals surface area contributed by atoms with E-state index in [9.17, 15) is 14.4 Å². The summed E-state index contributed by atoms with van der Waals surface area (Å²) in [6, 6.07) is 20.5. The van der Waals surface area contributed by atoms with Gasteiger partial charge in [0.25, 0.3) is 11.8 Å². The fraction of sp³-hybridized carbons (Fsp3) is 0.276. The van der Waals surface area contributed by atoms with Gasteiger partial charge in [-0.05, 0) is 55.2 Å². The molecule has 0 saturated heterocycles. The molecule has 0 bridgehead atoms. The van der Waals surface area contributed by atoms with Crippen molar-refractivity contribution in [2.75, 3.05) is 32.8 Å². The molecule has 1 aliphatic heterocycles. The Hall–Kier alpha value is -3.84. The lowest BCUT2D eigenvalue weighted by molar-refractivity contribution is -0.121. The Kier molecular flexibility index (Phi) is 8.80. The lowest BCUT2D eigenvalue weighted by atomic mass is 9.98. The molecule has 7 nitrogen and oxygen atoms in total. The Morgan fingerprint density at radius 2 is 1.78 bits per heavy atom. The second-order valence-electron chi connectivity index (χ2n) is 8.99. The maximum absolute atomic E-state index is 13.6. The molecule has 1 aliphatic rings. The highest BCUT2D eigenvalue weighted by molar-refractivity contribution is 6.31. The van der Waals surface area contributed by atoms with Crippen LogP contribution < -0.4 is 15.4 Å². The first-order valence-corrected chi connectivity index (χ1v) is 12.7. The molecule has 0 radical (unpaired) electrons. The van der Waals surface area contributed by atoms with Crippen molar-refractivity contribution in [3.63, 3.8) is 0 Å². The van der Waals surface area contributed by atoms with E-state index in [1.165, 1.54) is 10.5 Å². The molecule has 3 aromatic rings. The highest BCUT2D eigenvalue weighted by atomic mass is 35.5. The minimum absolute atomic E-state index is 0.0855. The van der Waals surface area contributed by atoms with Gasteiger partial charge in [-0.25, -0.2) is 0 Å². The molecule has 192 valence electrons. The Morgan fingerprint density at radius 3 is 2.59 bits per heavy atom. The van der Waals surface area contributed by atoms with E-state index in [0.29, 0.717) is 47.8 Å². The first-order valence-electron chi connectivity index (χ1n) is 12.3. The molecule has 0 aromatic heterocycles. The summed E-state index contributed by atoms with van der Waals surface area (Å²) in [5, 5.41) is 6.09. The van der Waals surface area contributed by atoms with Crippen LogP contribution in [0.15, 0.2) is 66.7 Å². The normalized spacial score (nSPS) is 15.0. The summed E-state index contributed by atoms with van der Waals surface area (Å²) in [4.78, 5) is 40.6. The van der Waals surface area contributed by atoms with Gasteiger partial charge < -0.3 is 20.3 Å². The fourth-order valence-corrected chi connectivity index (χ4v) is 4.36. The van der Waals surface area contributed by atoms with Crippen LogP contribution in [0.5, 0.6) is 5.75 Å². The molecule has 2 N–H and O–H groups in total. The summed E-state index contributed by atoms with van der Waals surface area (Å²) in [5.74, 6) is -0.398. The van der Waals surface area contributed by atoms with E-state index in [-0.39, 0.29) is 37.4 Å². The highest BCUT2D eigenvalue weighted by Crippen LogP contribution is 2.23. The number of nitrogens with one attached hydrogen (secondary N) is 2. The van der Waals surface area contributed by atoms with Crippen molar-refractivity contribution in [1.82, 2.24) is 15.5 Å². The van der Waals surface area contributed by atoms with Gasteiger partial charge in [0.2, 0.25) is 5.91 Å². The number of aryl methyl sites for hydroxylation is 1. The second kappa shape index (κ2) is 12.4. The Bertz CT molecular complexity index is 1280. The molecule has 0 unspecified atom stereocenters. The highest BCUT2D eigenvalue weighted by Gasteiger charge is 2.22. The van der Waals surface area contributed by atoms with Gasteiger partial charge >= 0.3 is 0 Å². The van der Waals surface area contributed by atoms with Crippen molar-refractivity contribution in [3.05, 3.63) is 99.6 Å². The third-order valence-corrected chi connectivity index (χ3v) is 6.38. The van der Waals surface area contributed by atoms with Crippen LogP contribution in [-0.4, -0.2) is 55.4 Å². The zero-order chi connectivity index (χ0) is 26.2. The molecular formula is C29H30ClN3O4. The van der Waals surface area contributed by atoms with E-state index in [1.54, 1.807) is 24.3 Å². The van der Waals surface area contributed by atoms with Gasteiger partial charge in [-0.3, -0.25) is 14.4 Å². The molecule has 0 spiro atoms. The van der Waals surface area contributed by atoms with E-state index >= 15 is 0 Å². The number of hydrogen-bond acceptors (Lipinski definition) is 4. The zero-order valence-electron chi connectivity index (χ0n) is 20.8. The molecule has 0 fully saturated rings. The summed E-state index contributed by atoms with van der Waals surface area (Å²) < 4.78 is 5.71. The predicted octanol–water partition coefficient (Wildman–Crippen LogP) is 4.01. The molecule has 0 atom stereocenters. The van der Waals surface area contributed by atoms with Crippen LogP contribution in [0.3, 0.4) is 0 Å². The minimum atomic E-state index is -0.306. The molecule has 0 saturated carbocycles. The number of carbonyl (C=O) groups excluding carboxylic acids is 3. The molecule has 37 heavy (non-hydrogen) atoms. The molecular weight excluding hydrogens is 490 g/mol. The van der Waals surface area contributed by atoms with Gasteiger partial charge in [0.05, 0.1) is 18.7 Å². The molecule has 3 aromatic carbocycles. The van der Waals surface area contributed by atoms with E-state index in [0.717, 1.165) is 11.1 Å². The van der Waals surface area contributed by atoms with Crippen LogP contribution in [0.1, 0.15) is 43.8 Å². The van der Waals surface area contributed by atoms with Gasteiger partial charge in [-0.2, -0.15) is 0 Å². The Balaban J connectivity index is 1.51. The summed E-state index contributed by atoms with van der Waals surface area (Å²) in [5.41, 5.74) is 4.06. The zero-order valence-corrected chi connectivity index (χ0v) is 21.5. The summed E-state index contributed by atoms with van der Waals surface area (Å²) in [7, 11) is 0. The lowest BCUT2D eigenvalue weighted by Crippen LogP contribution is -2.43. The standard InChI is InChI=1S/C29H30ClN3O4/c1-20-7-9-21(10-8-20)17-22-5-2-3-6-24(22)29(36)33-15-4-13-32-28(35)25-18-23(30)11-12-26(25)37-16-14-31-27(34)19-33/h2-3,5-12,18H,4,13-17,19H2,1H3,(H,31,34)(H,32,35). The first kappa shape index (κ1) is 26.2. The number of halogens is 1. The van der Waals surface area contributed by atoms with E-state index in [2.05, 4.69) is 34.9 Å². The van der Waals surface area contributed by atoms with Gasteiger partial charge in [-0.1, -0.05) is 59.6 Å². The van der Waals surface area contributed by atoms with Crippen LogP contribution in [0.4, 0.5) is 0 Å². The van der Waals surface area contributed by atoms with Crippen molar-refractivity contribution in [1.29, 1.82) is 0 Å². The van der Waals surface area contributed by atoms with Crippen LogP contribution in [0.25, 0.3) is 0 Å². The van der Waals surface area contributed by atoms with Crippen LogP contribution in [0.2, 0.25) is 5.02 Å². The SMILES string of the molecule is Cc1ccc(Cc2ccccc2C(=O)N2CCCNC(=O)c3cc(Cl)ccc3OCCNC(=O)C2)cc1. The topological polar surface area (TPSA) is 87.7 Å². The van der Waals surface area contributed by atoms with Crippen molar-refractivity contribution >= 4 is 29.3 Å². The van der Waals surface area contributed by atoms with E-state index < -0.39 is 0 Å². The van der Waals surface area contributed by atoms with Crippen LogP contribution in [-0.2, 0) is 11.2 Å². The minimum Gasteiger partial charge on any atom is -0.491 e. The lowest BCUT2D eigenvalue weighted by Gasteiger charge is -2.24. The number of fused-ring (bicyclic) bond motifs is 1. The largest absolute Gasteiger partial charge is 0.491 e. The third kappa shape index (κ3) is 7.11. The van der Waals surface area contributed by atoms with E-state index in [1.807, 2.05) is 25.1 Å². The Labute approximate surface area is 221 Å². The fourth-order valence-electron chi connectivity index (χ4n) is 4.18. The van der Waals surface area contributed by atoms with Crippen molar-refractivity contribution in [2.24, 2.45) is 0 Å². The molecule has 1 heterocycles. The van der Waals surface area contributed by atoms with Crippen molar-refractivity contribution in [2.45, 2.75) is 19.8 Å². The predicted molar refractivity (Wildman–Crippen MR) is 143 cm³/mol. The van der Waals surface area contributed by atoms with Crippen LogP contribution >= 0.6 is 11.6 Å². The quantitative estimate of drug-likeness (QED) is 0.547.